The summed E-state index contributed by atoms with van der Waals surface area (Å²) in [6.07, 6.45) is 2.80. The number of anilines is 1. The highest BCUT2D eigenvalue weighted by Crippen LogP contribution is 2.05. The molecule has 9 heteroatoms. The molecule has 0 aliphatic rings. The quantitative estimate of drug-likeness (QED) is 0.509. The highest BCUT2D eigenvalue weighted by molar-refractivity contribution is 5.89. The first-order chi connectivity index (χ1) is 12.5. The number of pyridine rings is 1. The van der Waals surface area contributed by atoms with E-state index in [9.17, 15) is 9.59 Å². The molecule has 0 bridgehead atoms. The molecule has 1 heterocycles. The first-order valence-corrected chi connectivity index (χ1v) is 8.53. The lowest BCUT2D eigenvalue weighted by molar-refractivity contribution is -0.129. The number of aryl methyl sites for hydroxylation is 1. The molecule has 7 nitrogen and oxygen atoms in total. The Bertz CT molecular complexity index is 746. The van der Waals surface area contributed by atoms with Gasteiger partial charge in [0.2, 0.25) is 11.8 Å². The minimum Gasteiger partial charge on any atom is -0.384 e. The number of amides is 2. The van der Waals surface area contributed by atoms with Gasteiger partial charge in [-0.1, -0.05) is 30.3 Å². The Morgan fingerprint density at radius 2 is 1.75 bits per heavy atom. The maximum Gasteiger partial charge on any atom is 0.242 e. The van der Waals surface area contributed by atoms with Gasteiger partial charge in [0, 0.05) is 12.7 Å². The minimum atomic E-state index is -0.676. The summed E-state index contributed by atoms with van der Waals surface area (Å²) in [4.78, 5) is 28.2. The number of carbonyl (C=O) groups excluding carboxylic acids is 2. The highest BCUT2D eigenvalue weighted by Gasteiger charge is 2.19. The van der Waals surface area contributed by atoms with E-state index in [0.717, 1.165) is 11.1 Å². The molecular formula is C19H27Cl2N5O2. The monoisotopic (exact) mass is 427 g/mol. The summed E-state index contributed by atoms with van der Waals surface area (Å²) in [7, 11) is 0. The first-order valence-electron chi connectivity index (χ1n) is 8.53. The predicted molar refractivity (Wildman–Crippen MR) is 115 cm³/mol. The topological polar surface area (TPSA) is 123 Å². The van der Waals surface area contributed by atoms with Crippen LogP contribution >= 0.6 is 24.8 Å². The molecule has 0 spiro atoms. The van der Waals surface area contributed by atoms with Crippen LogP contribution in [0.15, 0.2) is 48.7 Å². The van der Waals surface area contributed by atoms with Crippen LogP contribution < -0.4 is 22.1 Å². The number of carbonyl (C=O) groups is 2. The zero-order valence-corrected chi connectivity index (χ0v) is 17.3. The largest absolute Gasteiger partial charge is 0.384 e. The van der Waals surface area contributed by atoms with Crippen molar-refractivity contribution in [3.05, 3.63) is 59.8 Å². The molecule has 2 aromatic rings. The van der Waals surface area contributed by atoms with Gasteiger partial charge in [0.05, 0.1) is 6.04 Å². The van der Waals surface area contributed by atoms with Crippen LogP contribution in [0, 0.1) is 0 Å². The molecule has 2 amide bonds. The lowest BCUT2D eigenvalue weighted by Gasteiger charge is -2.17. The van der Waals surface area contributed by atoms with E-state index in [2.05, 4.69) is 15.6 Å². The third-order valence-corrected chi connectivity index (χ3v) is 3.99. The van der Waals surface area contributed by atoms with E-state index in [4.69, 9.17) is 11.5 Å². The number of hydrogen-bond acceptors (Lipinski definition) is 5. The van der Waals surface area contributed by atoms with E-state index < -0.39 is 12.1 Å². The van der Waals surface area contributed by atoms with Crippen molar-refractivity contribution in [2.45, 2.75) is 38.4 Å². The summed E-state index contributed by atoms with van der Waals surface area (Å²) >= 11 is 0. The summed E-state index contributed by atoms with van der Waals surface area (Å²) in [6.45, 7) is 1.93. The highest BCUT2D eigenvalue weighted by atomic mass is 35.5. The fourth-order valence-electron chi connectivity index (χ4n) is 2.43. The molecule has 6 N–H and O–H groups in total. The van der Waals surface area contributed by atoms with E-state index in [1.807, 2.05) is 30.3 Å². The molecule has 1 aromatic carbocycles. The molecule has 1 aromatic heterocycles. The average Bonchev–Trinajstić information content (AvgIpc) is 2.64. The van der Waals surface area contributed by atoms with Gasteiger partial charge in [-0.25, -0.2) is 4.98 Å². The van der Waals surface area contributed by atoms with Gasteiger partial charge in [-0.2, -0.15) is 0 Å². The van der Waals surface area contributed by atoms with Gasteiger partial charge >= 0.3 is 0 Å². The molecule has 2 atom stereocenters. The molecule has 2 rings (SSSR count). The Morgan fingerprint density at radius 3 is 2.39 bits per heavy atom. The molecule has 2 unspecified atom stereocenters. The molecule has 0 fully saturated rings. The molecule has 154 valence electrons. The number of nitrogens with two attached hydrogens (primary N) is 2. The van der Waals surface area contributed by atoms with Crippen molar-refractivity contribution >= 4 is 42.4 Å². The second-order valence-electron chi connectivity index (χ2n) is 6.17. The number of nitrogen functional groups attached to an aromatic ring is 1. The maximum absolute atomic E-state index is 12.2. The Balaban J connectivity index is 0.00000364. The number of nitrogens with zero attached hydrogens (tertiary/aromatic N) is 1. The number of aromatic nitrogens is 1. The molecule has 28 heavy (non-hydrogen) atoms. The van der Waals surface area contributed by atoms with Crippen LogP contribution in [0.2, 0.25) is 0 Å². The summed E-state index contributed by atoms with van der Waals surface area (Å²) in [5.41, 5.74) is 13.5. The van der Waals surface area contributed by atoms with Crippen molar-refractivity contribution < 1.29 is 9.59 Å². The van der Waals surface area contributed by atoms with Crippen molar-refractivity contribution in [1.29, 1.82) is 0 Å². The van der Waals surface area contributed by atoms with Crippen molar-refractivity contribution in [2.24, 2.45) is 5.73 Å². The van der Waals surface area contributed by atoms with Gasteiger partial charge in [-0.15, -0.1) is 24.8 Å². The number of halogens is 2. The van der Waals surface area contributed by atoms with Gasteiger partial charge in [-0.05, 0) is 43.0 Å². The van der Waals surface area contributed by atoms with Crippen molar-refractivity contribution in [2.75, 3.05) is 5.73 Å². The summed E-state index contributed by atoms with van der Waals surface area (Å²) in [6, 6.07) is 11.9. The molecule has 0 saturated carbocycles. The number of rotatable bonds is 8. The maximum atomic E-state index is 12.2. The number of benzene rings is 1. The third-order valence-electron chi connectivity index (χ3n) is 3.99. The van der Waals surface area contributed by atoms with E-state index in [-0.39, 0.29) is 36.6 Å². The minimum absolute atomic E-state index is 0. The standard InChI is InChI=1S/C19H25N5O2.2ClH/c1-13(18(25)23-12-15-9-10-22-17(21)11-15)24-19(26)16(20)8-7-14-5-3-2-4-6-14;;/h2-6,9-11,13,16H,7-8,12,20H2,1H3,(H2,21,22)(H,23,25)(H,24,26);2*1H. The van der Waals surface area contributed by atoms with E-state index in [1.54, 1.807) is 25.3 Å². The molecule has 0 radical (unpaired) electrons. The van der Waals surface area contributed by atoms with Gasteiger partial charge in [-0.3, -0.25) is 9.59 Å². The zero-order valence-electron chi connectivity index (χ0n) is 15.6. The first kappa shape index (κ1) is 25.6. The van der Waals surface area contributed by atoms with Crippen LogP contribution in [0.3, 0.4) is 0 Å². The zero-order chi connectivity index (χ0) is 18.9. The smallest absolute Gasteiger partial charge is 0.242 e. The second kappa shape index (κ2) is 12.9. The molecule has 0 aliphatic heterocycles. The van der Waals surface area contributed by atoms with Crippen LogP contribution in [0.5, 0.6) is 0 Å². The molecule has 0 aliphatic carbocycles. The van der Waals surface area contributed by atoms with Crippen molar-refractivity contribution in [1.82, 2.24) is 15.6 Å². The average molecular weight is 428 g/mol. The molecule has 0 saturated heterocycles. The van der Waals surface area contributed by atoms with Crippen LogP contribution in [-0.4, -0.2) is 28.9 Å². The van der Waals surface area contributed by atoms with E-state index in [1.165, 1.54) is 0 Å². The lowest BCUT2D eigenvalue weighted by Crippen LogP contribution is -2.50. The fourth-order valence-corrected chi connectivity index (χ4v) is 2.43. The predicted octanol–water partition coefficient (Wildman–Crippen LogP) is 1.59. The Labute approximate surface area is 177 Å². The summed E-state index contributed by atoms with van der Waals surface area (Å²) in [5.74, 6) is -0.233. The lowest BCUT2D eigenvalue weighted by atomic mass is 10.1. The number of hydrogen-bond donors (Lipinski definition) is 4. The fraction of sp³-hybridized carbons (Fsp3) is 0.316. The summed E-state index contributed by atoms with van der Waals surface area (Å²) in [5, 5.41) is 5.40. The second-order valence-corrected chi connectivity index (χ2v) is 6.17. The normalized spacial score (nSPS) is 11.9. The Kier molecular flexibility index (Phi) is 11.8. The van der Waals surface area contributed by atoms with Crippen LogP contribution in [0.1, 0.15) is 24.5 Å². The van der Waals surface area contributed by atoms with E-state index >= 15 is 0 Å². The van der Waals surface area contributed by atoms with Crippen LogP contribution in [0.4, 0.5) is 5.82 Å². The molecular weight excluding hydrogens is 401 g/mol. The van der Waals surface area contributed by atoms with Crippen LogP contribution in [-0.2, 0) is 22.6 Å². The Hall–Kier alpha value is -2.35. The van der Waals surface area contributed by atoms with E-state index in [0.29, 0.717) is 25.2 Å². The van der Waals surface area contributed by atoms with Crippen molar-refractivity contribution in [3.63, 3.8) is 0 Å². The van der Waals surface area contributed by atoms with Gasteiger partial charge in [0.25, 0.3) is 0 Å². The Morgan fingerprint density at radius 1 is 1.07 bits per heavy atom. The summed E-state index contributed by atoms with van der Waals surface area (Å²) < 4.78 is 0. The SMILES string of the molecule is CC(NC(=O)C(N)CCc1ccccc1)C(=O)NCc1ccnc(N)c1.Cl.Cl. The van der Waals surface area contributed by atoms with Gasteiger partial charge in [0.1, 0.15) is 11.9 Å². The van der Waals surface area contributed by atoms with Gasteiger partial charge < -0.3 is 22.1 Å². The van der Waals surface area contributed by atoms with Crippen LogP contribution in [0.25, 0.3) is 0 Å². The third kappa shape index (κ3) is 8.56. The van der Waals surface area contributed by atoms with Gasteiger partial charge in [0.15, 0.2) is 0 Å². The number of nitrogens with one attached hydrogen (secondary N) is 2. The van der Waals surface area contributed by atoms with Crippen molar-refractivity contribution in [3.8, 4) is 0 Å².